The minimum Gasteiger partial charge on any atom is -0.454 e. The zero-order chi connectivity index (χ0) is 10.8. The Labute approximate surface area is 87.8 Å². The Kier molecular flexibility index (Phi) is 3.55. The standard InChI is InChI=1S/C9H15NO3S/c1-9(2,3)13-8(12)7(11)6-4-14-5-10-6/h6,10H,4-5H2,1-3H3. The van der Waals surface area contributed by atoms with Crippen molar-refractivity contribution < 1.29 is 14.3 Å². The van der Waals surface area contributed by atoms with Gasteiger partial charge in [0.25, 0.3) is 5.78 Å². The summed E-state index contributed by atoms with van der Waals surface area (Å²) in [6, 6.07) is -0.366. The van der Waals surface area contributed by atoms with Gasteiger partial charge in [0.15, 0.2) is 0 Å². The van der Waals surface area contributed by atoms with Gasteiger partial charge in [0.05, 0.1) is 6.04 Å². The molecule has 1 unspecified atom stereocenters. The number of carbonyl (C=O) groups is 2. The molecule has 0 amide bonds. The lowest BCUT2D eigenvalue weighted by Gasteiger charge is -2.19. The van der Waals surface area contributed by atoms with Gasteiger partial charge in [-0.1, -0.05) is 0 Å². The normalized spacial score (nSPS) is 22.1. The molecule has 0 spiro atoms. The van der Waals surface area contributed by atoms with E-state index in [2.05, 4.69) is 5.32 Å². The van der Waals surface area contributed by atoms with Crippen LogP contribution in [-0.2, 0) is 14.3 Å². The fourth-order valence-electron chi connectivity index (χ4n) is 1.03. The van der Waals surface area contributed by atoms with Crippen LogP contribution in [-0.4, -0.2) is 35.0 Å². The Hall–Kier alpha value is -0.550. The molecule has 0 aliphatic carbocycles. The van der Waals surface area contributed by atoms with Gasteiger partial charge in [0, 0.05) is 11.6 Å². The first-order chi connectivity index (χ1) is 6.40. The molecule has 0 radical (unpaired) electrons. The van der Waals surface area contributed by atoms with Gasteiger partial charge in [-0.3, -0.25) is 10.1 Å². The van der Waals surface area contributed by atoms with Crippen LogP contribution in [0.1, 0.15) is 20.8 Å². The van der Waals surface area contributed by atoms with E-state index in [4.69, 9.17) is 4.74 Å². The van der Waals surface area contributed by atoms with E-state index >= 15 is 0 Å². The molecule has 4 nitrogen and oxygen atoms in total. The second kappa shape index (κ2) is 4.31. The first-order valence-electron chi connectivity index (χ1n) is 4.48. The highest BCUT2D eigenvalue weighted by atomic mass is 32.2. The molecule has 1 aliphatic heterocycles. The largest absolute Gasteiger partial charge is 0.454 e. The molecule has 80 valence electrons. The zero-order valence-electron chi connectivity index (χ0n) is 8.62. The molecule has 1 saturated heterocycles. The lowest BCUT2D eigenvalue weighted by Crippen LogP contribution is -2.41. The molecule has 1 aliphatic rings. The zero-order valence-corrected chi connectivity index (χ0v) is 9.44. The van der Waals surface area contributed by atoms with Crippen molar-refractivity contribution in [2.75, 3.05) is 11.6 Å². The highest BCUT2D eigenvalue weighted by Crippen LogP contribution is 2.13. The molecule has 1 rings (SSSR count). The molecule has 0 bridgehead atoms. The van der Waals surface area contributed by atoms with Crippen LogP contribution in [0.15, 0.2) is 0 Å². The summed E-state index contributed by atoms with van der Waals surface area (Å²) < 4.78 is 4.97. The summed E-state index contributed by atoms with van der Waals surface area (Å²) in [6.45, 7) is 5.24. The second-order valence-corrected chi connectivity index (χ2v) is 5.17. The molecular formula is C9H15NO3S. The average Bonchev–Trinajstić information content (AvgIpc) is 2.51. The summed E-state index contributed by atoms with van der Waals surface area (Å²) in [7, 11) is 0. The molecule has 5 heteroatoms. The number of nitrogens with one attached hydrogen (secondary N) is 1. The van der Waals surface area contributed by atoms with Gasteiger partial charge in [-0.25, -0.2) is 4.79 Å². The van der Waals surface area contributed by atoms with Crippen LogP contribution in [0.2, 0.25) is 0 Å². The maximum Gasteiger partial charge on any atom is 0.376 e. The summed E-state index contributed by atoms with van der Waals surface area (Å²) in [5.74, 6) is 0.166. The van der Waals surface area contributed by atoms with Gasteiger partial charge in [-0.2, -0.15) is 0 Å². The number of carbonyl (C=O) groups excluding carboxylic acids is 2. The van der Waals surface area contributed by atoms with Gasteiger partial charge in [0.2, 0.25) is 0 Å². The lowest BCUT2D eigenvalue weighted by atomic mass is 10.1. The second-order valence-electron chi connectivity index (χ2n) is 4.14. The molecule has 1 heterocycles. The summed E-state index contributed by atoms with van der Waals surface area (Å²) in [4.78, 5) is 22.8. The van der Waals surface area contributed by atoms with Crippen LogP contribution in [0, 0.1) is 0 Å². The molecule has 1 fully saturated rings. The van der Waals surface area contributed by atoms with Crippen LogP contribution in [0.5, 0.6) is 0 Å². The summed E-state index contributed by atoms with van der Waals surface area (Å²) in [5.41, 5.74) is -0.599. The number of ketones is 1. The minimum absolute atomic E-state index is 0.366. The van der Waals surface area contributed by atoms with Gasteiger partial charge in [-0.05, 0) is 20.8 Å². The first-order valence-corrected chi connectivity index (χ1v) is 5.64. The van der Waals surface area contributed by atoms with E-state index < -0.39 is 17.4 Å². The van der Waals surface area contributed by atoms with Crippen molar-refractivity contribution in [2.45, 2.75) is 32.4 Å². The van der Waals surface area contributed by atoms with Crippen molar-refractivity contribution in [3.05, 3.63) is 0 Å². The number of ether oxygens (including phenoxy) is 1. The van der Waals surface area contributed by atoms with Crippen molar-refractivity contribution in [1.82, 2.24) is 5.32 Å². The van der Waals surface area contributed by atoms with Crippen molar-refractivity contribution in [3.8, 4) is 0 Å². The molecule has 1 N–H and O–H groups in total. The summed E-state index contributed by atoms with van der Waals surface area (Å²) in [5, 5.41) is 2.94. The van der Waals surface area contributed by atoms with E-state index in [9.17, 15) is 9.59 Å². The van der Waals surface area contributed by atoms with E-state index in [0.29, 0.717) is 5.75 Å². The number of esters is 1. The number of hydrogen-bond acceptors (Lipinski definition) is 5. The quantitative estimate of drug-likeness (QED) is 0.541. The molecule has 0 saturated carbocycles. The predicted octanol–water partition coefficient (Wildman–Crippen LogP) is 0.560. The third-order valence-electron chi connectivity index (χ3n) is 1.63. The van der Waals surface area contributed by atoms with Crippen molar-refractivity contribution in [3.63, 3.8) is 0 Å². The fourth-order valence-corrected chi connectivity index (χ4v) is 1.98. The molecule has 14 heavy (non-hydrogen) atoms. The molecule has 1 atom stereocenters. The molecule has 0 aromatic carbocycles. The Morgan fingerprint density at radius 1 is 1.43 bits per heavy atom. The number of thioether (sulfide) groups is 1. The van der Waals surface area contributed by atoms with Crippen LogP contribution >= 0.6 is 11.8 Å². The molecule has 0 aromatic heterocycles. The lowest BCUT2D eigenvalue weighted by molar-refractivity contribution is -0.163. The van der Waals surface area contributed by atoms with Crippen LogP contribution in [0.3, 0.4) is 0 Å². The Morgan fingerprint density at radius 3 is 2.50 bits per heavy atom. The summed E-state index contributed by atoms with van der Waals surface area (Å²) in [6.07, 6.45) is 0. The van der Waals surface area contributed by atoms with Gasteiger partial charge in [0.1, 0.15) is 5.60 Å². The highest BCUT2D eigenvalue weighted by molar-refractivity contribution is 7.99. The number of rotatable bonds is 2. The SMILES string of the molecule is CC(C)(C)OC(=O)C(=O)C1CSCN1. The van der Waals surface area contributed by atoms with Gasteiger partial charge in [-0.15, -0.1) is 11.8 Å². The van der Waals surface area contributed by atoms with Gasteiger partial charge >= 0.3 is 5.97 Å². The average molecular weight is 217 g/mol. The maximum absolute atomic E-state index is 11.5. The molecule has 0 aromatic rings. The summed E-state index contributed by atoms with van der Waals surface area (Å²) >= 11 is 1.61. The number of Topliss-reactive ketones (excluding diaryl/α,β-unsaturated/α-hetero) is 1. The van der Waals surface area contributed by atoms with E-state index in [0.717, 1.165) is 5.88 Å². The Balaban J connectivity index is 2.48. The van der Waals surface area contributed by atoms with Crippen LogP contribution < -0.4 is 5.32 Å². The van der Waals surface area contributed by atoms with Gasteiger partial charge < -0.3 is 4.74 Å². The highest BCUT2D eigenvalue weighted by Gasteiger charge is 2.31. The molecular weight excluding hydrogens is 202 g/mol. The third kappa shape index (κ3) is 3.31. The van der Waals surface area contributed by atoms with Crippen LogP contribution in [0.4, 0.5) is 0 Å². The van der Waals surface area contributed by atoms with Crippen molar-refractivity contribution >= 4 is 23.5 Å². The topological polar surface area (TPSA) is 55.4 Å². The van der Waals surface area contributed by atoms with E-state index in [1.165, 1.54) is 0 Å². The monoisotopic (exact) mass is 217 g/mol. The van der Waals surface area contributed by atoms with Crippen molar-refractivity contribution in [1.29, 1.82) is 0 Å². The Morgan fingerprint density at radius 2 is 2.07 bits per heavy atom. The smallest absolute Gasteiger partial charge is 0.376 e. The first kappa shape index (κ1) is 11.5. The van der Waals surface area contributed by atoms with E-state index in [1.54, 1.807) is 32.5 Å². The minimum atomic E-state index is -0.738. The fraction of sp³-hybridized carbons (Fsp3) is 0.778. The van der Waals surface area contributed by atoms with E-state index in [-0.39, 0.29) is 6.04 Å². The van der Waals surface area contributed by atoms with E-state index in [1.807, 2.05) is 0 Å². The Bertz CT molecular complexity index is 241. The third-order valence-corrected chi connectivity index (χ3v) is 2.57. The maximum atomic E-state index is 11.5. The number of hydrogen-bond donors (Lipinski definition) is 1. The van der Waals surface area contributed by atoms with Crippen LogP contribution in [0.25, 0.3) is 0 Å². The van der Waals surface area contributed by atoms with Crippen molar-refractivity contribution in [2.24, 2.45) is 0 Å². The predicted molar refractivity (Wildman–Crippen MR) is 55.1 cm³/mol.